The Kier molecular flexibility index (Phi) is 6.90. The minimum atomic E-state index is 0.476. The number of nitrogens with zero attached hydrogens (tertiary/aromatic N) is 2. The molecule has 4 rings (SSSR count). The highest BCUT2D eigenvalue weighted by atomic mass is 32.1. The summed E-state index contributed by atoms with van der Waals surface area (Å²) in [5.74, 6) is 0. The number of nitrogens with one attached hydrogen (secondary N) is 2. The summed E-state index contributed by atoms with van der Waals surface area (Å²) in [6, 6.07) is 20.3. The van der Waals surface area contributed by atoms with E-state index in [2.05, 4.69) is 51.1 Å². The third kappa shape index (κ3) is 5.34. The maximum absolute atomic E-state index is 5.56. The molecule has 2 aromatic carbocycles. The van der Waals surface area contributed by atoms with Crippen LogP contribution in [0.25, 0.3) is 6.08 Å². The summed E-state index contributed by atoms with van der Waals surface area (Å²) in [7, 11) is 0. The van der Waals surface area contributed by atoms with E-state index < -0.39 is 0 Å². The molecule has 0 unspecified atom stereocenters. The summed E-state index contributed by atoms with van der Waals surface area (Å²) in [5.41, 5.74) is 8.97. The number of thiocarbonyl (C=S) groups is 1. The molecule has 0 aromatic heterocycles. The molecule has 154 valence electrons. The highest BCUT2D eigenvalue weighted by Crippen LogP contribution is 2.34. The van der Waals surface area contributed by atoms with E-state index >= 15 is 0 Å². The van der Waals surface area contributed by atoms with Crippen molar-refractivity contribution in [3.63, 3.8) is 0 Å². The molecule has 2 aliphatic rings. The molecule has 0 amide bonds. The van der Waals surface area contributed by atoms with E-state index in [4.69, 9.17) is 17.0 Å². The molecule has 1 fully saturated rings. The predicted molar refractivity (Wildman–Crippen MR) is 127 cm³/mol. The summed E-state index contributed by atoms with van der Waals surface area (Å²) < 4.78 is 5.56. The summed E-state index contributed by atoms with van der Waals surface area (Å²) in [6.45, 7) is 3.33. The Hall–Kier alpha value is -2.96. The van der Waals surface area contributed by atoms with Gasteiger partial charge in [-0.1, -0.05) is 48.5 Å². The molecule has 1 heterocycles. The molecule has 1 saturated heterocycles. The van der Waals surface area contributed by atoms with E-state index in [-0.39, 0.29) is 0 Å². The van der Waals surface area contributed by atoms with Crippen molar-refractivity contribution in [1.82, 2.24) is 10.3 Å². The van der Waals surface area contributed by atoms with Gasteiger partial charge in [0.05, 0.1) is 19.4 Å². The Labute approximate surface area is 183 Å². The van der Waals surface area contributed by atoms with Gasteiger partial charge in [0.2, 0.25) is 0 Å². The maximum Gasteiger partial charge on any atom is 0.191 e. The number of anilines is 1. The van der Waals surface area contributed by atoms with Crippen LogP contribution in [-0.4, -0.2) is 42.5 Å². The van der Waals surface area contributed by atoms with E-state index in [9.17, 15) is 0 Å². The zero-order valence-electron chi connectivity index (χ0n) is 16.9. The second-order valence-electron chi connectivity index (χ2n) is 7.24. The van der Waals surface area contributed by atoms with Crippen molar-refractivity contribution in [3.8, 4) is 0 Å². The van der Waals surface area contributed by atoms with Crippen LogP contribution in [0.2, 0.25) is 0 Å². The zero-order chi connectivity index (χ0) is 20.6. The molecular weight excluding hydrogens is 392 g/mol. The smallest absolute Gasteiger partial charge is 0.191 e. The topological polar surface area (TPSA) is 48.9 Å². The molecule has 5 nitrogen and oxygen atoms in total. The molecule has 30 heavy (non-hydrogen) atoms. The minimum absolute atomic E-state index is 0.476. The van der Waals surface area contributed by atoms with E-state index in [0.29, 0.717) is 5.11 Å². The summed E-state index contributed by atoms with van der Waals surface area (Å²) in [6.07, 6.45) is 6.18. The first kappa shape index (κ1) is 20.3. The van der Waals surface area contributed by atoms with Crippen molar-refractivity contribution in [2.45, 2.75) is 12.8 Å². The lowest BCUT2D eigenvalue weighted by molar-refractivity contribution is 0.0548. The lowest BCUT2D eigenvalue weighted by atomic mass is 10.1. The Morgan fingerprint density at radius 2 is 1.67 bits per heavy atom. The lowest BCUT2D eigenvalue weighted by Crippen LogP contribution is -2.36. The number of hydrogen-bond donors (Lipinski definition) is 2. The zero-order valence-corrected chi connectivity index (χ0v) is 17.7. The number of allylic oxidation sites excluding steroid dienone is 2. The van der Waals surface area contributed by atoms with Gasteiger partial charge in [-0.25, -0.2) is 0 Å². The fraction of sp³-hybridized carbons (Fsp3) is 0.250. The minimum Gasteiger partial charge on any atom is -0.378 e. The monoisotopic (exact) mass is 418 g/mol. The van der Waals surface area contributed by atoms with E-state index in [1.165, 1.54) is 22.4 Å². The molecule has 0 radical (unpaired) electrons. The first-order valence-corrected chi connectivity index (χ1v) is 10.7. The molecular formula is C24H26N4OS. The molecule has 1 aliphatic heterocycles. The molecule has 0 spiro atoms. The van der Waals surface area contributed by atoms with Crippen LogP contribution >= 0.6 is 12.2 Å². The molecule has 2 N–H and O–H groups in total. The quantitative estimate of drug-likeness (QED) is 0.428. The third-order valence-electron chi connectivity index (χ3n) is 5.16. The average molecular weight is 419 g/mol. The number of hydrazone groups is 1. The lowest BCUT2D eigenvalue weighted by Gasteiger charge is -2.31. The van der Waals surface area contributed by atoms with Crippen LogP contribution in [0.3, 0.4) is 0 Å². The van der Waals surface area contributed by atoms with E-state index in [1.807, 2.05) is 42.6 Å². The van der Waals surface area contributed by atoms with Gasteiger partial charge in [-0.2, -0.15) is 5.10 Å². The summed E-state index contributed by atoms with van der Waals surface area (Å²) in [5, 5.41) is 8.03. The number of para-hydroxylation sites is 1. The van der Waals surface area contributed by atoms with E-state index in [1.54, 1.807) is 0 Å². The van der Waals surface area contributed by atoms with Crippen molar-refractivity contribution in [2.75, 3.05) is 31.6 Å². The third-order valence-corrected chi connectivity index (χ3v) is 5.35. The Balaban J connectivity index is 1.50. The van der Waals surface area contributed by atoms with Gasteiger partial charge in [-0.3, -0.25) is 5.43 Å². The summed E-state index contributed by atoms with van der Waals surface area (Å²) >= 11 is 5.35. The molecule has 0 saturated carbocycles. The molecule has 2 aromatic rings. The number of hydrogen-bond acceptors (Lipinski definition) is 4. The molecule has 6 heteroatoms. The van der Waals surface area contributed by atoms with Gasteiger partial charge >= 0.3 is 0 Å². The van der Waals surface area contributed by atoms with Gasteiger partial charge in [0.1, 0.15) is 0 Å². The van der Waals surface area contributed by atoms with Crippen LogP contribution in [-0.2, 0) is 4.74 Å². The second-order valence-corrected chi connectivity index (χ2v) is 7.65. The number of benzene rings is 2. The fourth-order valence-electron chi connectivity index (χ4n) is 3.77. The van der Waals surface area contributed by atoms with Gasteiger partial charge in [0.15, 0.2) is 5.11 Å². The van der Waals surface area contributed by atoms with Crippen LogP contribution < -0.4 is 10.7 Å². The van der Waals surface area contributed by atoms with Crippen LogP contribution in [0.4, 0.5) is 5.69 Å². The van der Waals surface area contributed by atoms with Crippen molar-refractivity contribution in [3.05, 3.63) is 83.1 Å². The largest absolute Gasteiger partial charge is 0.378 e. The van der Waals surface area contributed by atoms with Crippen molar-refractivity contribution in [1.29, 1.82) is 0 Å². The number of rotatable bonds is 5. The van der Waals surface area contributed by atoms with Gasteiger partial charge in [0.25, 0.3) is 0 Å². The highest BCUT2D eigenvalue weighted by Gasteiger charge is 2.25. The molecule has 1 aliphatic carbocycles. The normalized spacial score (nSPS) is 18.3. The van der Waals surface area contributed by atoms with Crippen molar-refractivity contribution in [2.24, 2.45) is 5.10 Å². The standard InChI is InChI=1S/C24H26N4OS/c30-24(26-22-9-5-2-6-10-22)27-25-18-21-12-11-20(17-19-7-3-1-4-8-19)23(21)28-13-15-29-16-14-28/h1-10,17-18H,11-16H2,(H2,26,27,30). The van der Waals surface area contributed by atoms with Crippen LogP contribution in [0.15, 0.2) is 82.6 Å². The predicted octanol–water partition coefficient (Wildman–Crippen LogP) is 4.42. The first-order chi connectivity index (χ1) is 14.8. The first-order valence-electron chi connectivity index (χ1n) is 10.3. The van der Waals surface area contributed by atoms with Crippen molar-refractivity contribution >= 4 is 35.3 Å². The van der Waals surface area contributed by atoms with Crippen LogP contribution in [0.1, 0.15) is 18.4 Å². The van der Waals surface area contributed by atoms with Gasteiger partial charge < -0.3 is 15.0 Å². The Morgan fingerprint density at radius 3 is 2.40 bits per heavy atom. The second kappa shape index (κ2) is 10.2. The van der Waals surface area contributed by atoms with Crippen LogP contribution in [0.5, 0.6) is 0 Å². The molecule has 0 bridgehead atoms. The van der Waals surface area contributed by atoms with Gasteiger partial charge in [-0.05, 0) is 60.0 Å². The van der Waals surface area contributed by atoms with E-state index in [0.717, 1.165) is 44.8 Å². The van der Waals surface area contributed by atoms with Crippen molar-refractivity contribution < 1.29 is 4.74 Å². The highest BCUT2D eigenvalue weighted by molar-refractivity contribution is 7.80. The van der Waals surface area contributed by atoms with Gasteiger partial charge in [-0.15, -0.1) is 0 Å². The SMILES string of the molecule is S=C(NN=CC1=C(N2CCOCC2)C(=Cc2ccccc2)CC1)Nc1ccccc1. The Morgan fingerprint density at radius 1 is 0.967 bits per heavy atom. The molecule has 0 atom stereocenters. The van der Waals surface area contributed by atoms with Crippen LogP contribution in [0, 0.1) is 0 Å². The number of morpholine rings is 1. The van der Waals surface area contributed by atoms with Gasteiger partial charge in [0, 0.05) is 24.5 Å². The fourth-order valence-corrected chi connectivity index (χ4v) is 3.94. The number of ether oxygens (including phenoxy) is 1. The Bertz CT molecular complexity index is 948. The maximum atomic E-state index is 5.56. The average Bonchev–Trinajstić information content (AvgIpc) is 3.18. The summed E-state index contributed by atoms with van der Waals surface area (Å²) in [4.78, 5) is 2.42.